The van der Waals surface area contributed by atoms with Crippen molar-refractivity contribution in [1.29, 1.82) is 0 Å². The van der Waals surface area contributed by atoms with Crippen molar-refractivity contribution in [2.45, 2.75) is 31.6 Å². The molecule has 10 heavy (non-hydrogen) atoms. The second kappa shape index (κ2) is 2.75. The third kappa shape index (κ3) is 1.10. The lowest BCUT2D eigenvalue weighted by Crippen LogP contribution is -1.85. The van der Waals surface area contributed by atoms with Crippen LogP contribution in [0.2, 0.25) is 0 Å². The largest absolute Gasteiger partial charge is 0.149 e. The summed E-state index contributed by atoms with van der Waals surface area (Å²) in [5, 5.41) is 2.19. The summed E-state index contributed by atoms with van der Waals surface area (Å²) in [6.45, 7) is 0. The van der Waals surface area contributed by atoms with E-state index < -0.39 is 0 Å². The van der Waals surface area contributed by atoms with Crippen LogP contribution in [0.3, 0.4) is 0 Å². The van der Waals surface area contributed by atoms with Crippen molar-refractivity contribution in [3.05, 3.63) is 22.4 Å². The van der Waals surface area contributed by atoms with Gasteiger partial charge in [-0.3, -0.25) is 0 Å². The molecule has 0 N–H and O–H groups in total. The molecule has 1 aliphatic rings. The SMILES string of the molecule is c1csc(C2CCCC2)c1. The van der Waals surface area contributed by atoms with Gasteiger partial charge in [-0.25, -0.2) is 0 Å². The molecule has 0 amide bonds. The number of hydrogen-bond acceptors (Lipinski definition) is 1. The fraction of sp³-hybridized carbons (Fsp3) is 0.556. The molecule has 0 aromatic carbocycles. The lowest BCUT2D eigenvalue weighted by molar-refractivity contribution is 0.738. The second-order valence-electron chi connectivity index (χ2n) is 3.00. The van der Waals surface area contributed by atoms with Gasteiger partial charge in [-0.05, 0) is 30.2 Å². The molecule has 1 heterocycles. The van der Waals surface area contributed by atoms with E-state index in [-0.39, 0.29) is 0 Å². The molecule has 1 fully saturated rings. The van der Waals surface area contributed by atoms with Crippen molar-refractivity contribution in [2.75, 3.05) is 0 Å². The maximum atomic E-state index is 2.28. The highest BCUT2D eigenvalue weighted by Gasteiger charge is 2.16. The average molecular weight is 152 g/mol. The quantitative estimate of drug-likeness (QED) is 0.578. The first-order valence-electron chi connectivity index (χ1n) is 4.00. The van der Waals surface area contributed by atoms with Gasteiger partial charge in [-0.2, -0.15) is 0 Å². The van der Waals surface area contributed by atoms with Gasteiger partial charge < -0.3 is 0 Å². The van der Waals surface area contributed by atoms with Gasteiger partial charge in [0.25, 0.3) is 0 Å². The predicted octanol–water partition coefficient (Wildman–Crippen LogP) is 3.41. The summed E-state index contributed by atoms with van der Waals surface area (Å²) in [6.07, 6.45) is 5.76. The summed E-state index contributed by atoms with van der Waals surface area (Å²) >= 11 is 1.92. The van der Waals surface area contributed by atoms with E-state index in [0.29, 0.717) is 0 Å². The van der Waals surface area contributed by atoms with Gasteiger partial charge >= 0.3 is 0 Å². The first-order chi connectivity index (χ1) is 4.97. The van der Waals surface area contributed by atoms with Gasteiger partial charge in [0, 0.05) is 4.88 Å². The Morgan fingerprint density at radius 3 is 2.70 bits per heavy atom. The molecular formula is C9H12S. The molecule has 1 aromatic heterocycles. The Bertz CT molecular complexity index is 183. The molecule has 2 rings (SSSR count). The van der Waals surface area contributed by atoms with Crippen molar-refractivity contribution in [3.63, 3.8) is 0 Å². The molecule has 0 nitrogen and oxygen atoms in total. The Labute approximate surface area is 65.9 Å². The van der Waals surface area contributed by atoms with Crippen molar-refractivity contribution >= 4 is 11.3 Å². The van der Waals surface area contributed by atoms with Crippen LogP contribution in [0, 0.1) is 0 Å². The van der Waals surface area contributed by atoms with Gasteiger partial charge in [0.1, 0.15) is 0 Å². The zero-order valence-corrected chi connectivity index (χ0v) is 6.86. The van der Waals surface area contributed by atoms with Crippen molar-refractivity contribution in [3.8, 4) is 0 Å². The van der Waals surface area contributed by atoms with Crippen molar-refractivity contribution in [1.82, 2.24) is 0 Å². The summed E-state index contributed by atoms with van der Waals surface area (Å²) in [7, 11) is 0. The van der Waals surface area contributed by atoms with Gasteiger partial charge in [0.15, 0.2) is 0 Å². The number of hydrogen-bond donors (Lipinski definition) is 0. The second-order valence-corrected chi connectivity index (χ2v) is 3.98. The molecule has 0 aliphatic heterocycles. The maximum absolute atomic E-state index is 2.28. The standard InChI is InChI=1S/C9H12S/c1-2-5-8(4-1)9-6-3-7-10-9/h3,6-8H,1-2,4-5H2. The smallest absolute Gasteiger partial charge is 0.00761 e. The molecule has 0 unspecified atom stereocenters. The van der Waals surface area contributed by atoms with Crippen molar-refractivity contribution < 1.29 is 0 Å². The van der Waals surface area contributed by atoms with Crippen LogP contribution < -0.4 is 0 Å². The van der Waals surface area contributed by atoms with E-state index in [1.807, 2.05) is 11.3 Å². The van der Waals surface area contributed by atoms with Gasteiger partial charge in [-0.15, -0.1) is 11.3 Å². The molecular weight excluding hydrogens is 140 g/mol. The Morgan fingerprint density at radius 2 is 2.10 bits per heavy atom. The normalized spacial score (nSPS) is 20.0. The van der Waals surface area contributed by atoms with Crippen molar-refractivity contribution in [2.24, 2.45) is 0 Å². The summed E-state index contributed by atoms with van der Waals surface area (Å²) in [6, 6.07) is 4.44. The molecule has 1 heteroatoms. The lowest BCUT2D eigenvalue weighted by atomic mass is 10.1. The minimum Gasteiger partial charge on any atom is -0.149 e. The van der Waals surface area contributed by atoms with E-state index in [9.17, 15) is 0 Å². The number of rotatable bonds is 1. The lowest BCUT2D eigenvalue weighted by Gasteiger charge is -2.03. The van der Waals surface area contributed by atoms with E-state index in [1.54, 1.807) is 4.88 Å². The summed E-state index contributed by atoms with van der Waals surface area (Å²) in [5.41, 5.74) is 0. The van der Waals surface area contributed by atoms with E-state index >= 15 is 0 Å². The van der Waals surface area contributed by atoms with Gasteiger partial charge in [0.2, 0.25) is 0 Å². The van der Waals surface area contributed by atoms with Crippen LogP contribution >= 0.6 is 11.3 Å². The maximum Gasteiger partial charge on any atom is 0.00761 e. The van der Waals surface area contributed by atoms with Crippen LogP contribution in [0.1, 0.15) is 36.5 Å². The molecule has 0 saturated heterocycles. The number of thiophene rings is 1. The minimum atomic E-state index is 0.917. The summed E-state index contributed by atoms with van der Waals surface area (Å²) in [4.78, 5) is 1.61. The molecule has 54 valence electrons. The van der Waals surface area contributed by atoms with Crippen LogP contribution in [0.15, 0.2) is 17.5 Å². The zero-order chi connectivity index (χ0) is 6.81. The summed E-state index contributed by atoms with van der Waals surface area (Å²) in [5.74, 6) is 0.917. The summed E-state index contributed by atoms with van der Waals surface area (Å²) < 4.78 is 0. The zero-order valence-electron chi connectivity index (χ0n) is 6.05. The topological polar surface area (TPSA) is 0 Å². The predicted molar refractivity (Wildman–Crippen MR) is 45.5 cm³/mol. The molecule has 0 spiro atoms. The Hall–Kier alpha value is -0.300. The van der Waals surface area contributed by atoms with Gasteiger partial charge in [0.05, 0.1) is 0 Å². The van der Waals surface area contributed by atoms with Crippen LogP contribution in [0.25, 0.3) is 0 Å². The third-order valence-corrected chi connectivity index (χ3v) is 3.34. The van der Waals surface area contributed by atoms with Gasteiger partial charge in [-0.1, -0.05) is 18.9 Å². The Kier molecular flexibility index (Phi) is 1.76. The third-order valence-electron chi connectivity index (χ3n) is 2.30. The van der Waals surface area contributed by atoms with Crippen LogP contribution in [0.5, 0.6) is 0 Å². The van der Waals surface area contributed by atoms with Crippen LogP contribution in [0.4, 0.5) is 0 Å². The fourth-order valence-electron chi connectivity index (χ4n) is 1.73. The van der Waals surface area contributed by atoms with Crippen LogP contribution in [-0.2, 0) is 0 Å². The van der Waals surface area contributed by atoms with E-state index in [1.165, 1.54) is 25.7 Å². The highest BCUT2D eigenvalue weighted by atomic mass is 32.1. The molecule has 0 bridgehead atoms. The van der Waals surface area contributed by atoms with Crippen LogP contribution in [-0.4, -0.2) is 0 Å². The molecule has 1 aromatic rings. The fourth-order valence-corrected chi connectivity index (χ4v) is 2.63. The minimum absolute atomic E-state index is 0.917. The Balaban J connectivity index is 2.12. The first-order valence-corrected chi connectivity index (χ1v) is 4.88. The highest BCUT2D eigenvalue weighted by molar-refractivity contribution is 7.10. The van der Waals surface area contributed by atoms with E-state index in [2.05, 4.69) is 17.5 Å². The monoisotopic (exact) mass is 152 g/mol. The molecule has 1 aliphatic carbocycles. The molecule has 1 saturated carbocycles. The highest BCUT2D eigenvalue weighted by Crippen LogP contribution is 2.35. The molecule has 0 atom stereocenters. The van der Waals surface area contributed by atoms with E-state index in [4.69, 9.17) is 0 Å². The average Bonchev–Trinajstić information content (AvgIpc) is 2.59. The first kappa shape index (κ1) is 6.41. The van der Waals surface area contributed by atoms with E-state index in [0.717, 1.165) is 5.92 Å². The molecule has 0 radical (unpaired) electrons. The Morgan fingerprint density at radius 1 is 1.30 bits per heavy atom.